The highest BCUT2D eigenvalue weighted by atomic mass is 16.6. The van der Waals surface area contributed by atoms with Crippen LogP contribution in [0.5, 0.6) is 11.5 Å². The van der Waals surface area contributed by atoms with Crippen molar-refractivity contribution in [1.29, 1.82) is 5.26 Å². The number of carbonyl (C=O) groups is 1. The number of carbonyl (C=O) groups excluding carboxylic acids is 1. The molecule has 2 aromatic rings. The van der Waals surface area contributed by atoms with Gasteiger partial charge in [0.2, 0.25) is 5.75 Å². The molecule has 0 heterocycles. The summed E-state index contributed by atoms with van der Waals surface area (Å²) in [5.41, 5.74) is 0.0229. The Labute approximate surface area is 137 Å². The number of methoxy groups -OCH3 is 1. The topological polar surface area (TPSA) is 114 Å². The SMILES string of the molecule is COc1c(OCc2ccccc2)ccc(C(=O)NC#N)c1[N+](=O)[O-]. The third kappa shape index (κ3) is 3.59. The normalized spacial score (nSPS) is 9.67. The van der Waals surface area contributed by atoms with Crippen molar-refractivity contribution in [1.82, 2.24) is 5.32 Å². The minimum absolute atomic E-state index is 0.126. The van der Waals surface area contributed by atoms with E-state index in [1.165, 1.54) is 25.4 Å². The summed E-state index contributed by atoms with van der Waals surface area (Å²) in [6, 6.07) is 11.8. The lowest BCUT2D eigenvalue weighted by atomic mass is 10.1. The average molecular weight is 327 g/mol. The molecule has 8 nitrogen and oxygen atoms in total. The average Bonchev–Trinajstić information content (AvgIpc) is 2.59. The van der Waals surface area contributed by atoms with Crippen LogP contribution in [-0.4, -0.2) is 17.9 Å². The minimum Gasteiger partial charge on any atom is -0.488 e. The summed E-state index contributed by atoms with van der Waals surface area (Å²) in [7, 11) is 1.24. The molecule has 0 aliphatic carbocycles. The number of nitrogens with zero attached hydrogens (tertiary/aromatic N) is 2. The van der Waals surface area contributed by atoms with Crippen molar-refractivity contribution in [3.8, 4) is 17.7 Å². The zero-order valence-electron chi connectivity index (χ0n) is 12.7. The fourth-order valence-electron chi connectivity index (χ4n) is 2.08. The number of benzene rings is 2. The first kappa shape index (κ1) is 16.8. The molecule has 1 N–H and O–H groups in total. The van der Waals surface area contributed by atoms with E-state index in [0.29, 0.717) is 0 Å². The quantitative estimate of drug-likeness (QED) is 0.377. The number of nitrogens with one attached hydrogen (secondary N) is 1. The molecular formula is C16H13N3O5. The monoisotopic (exact) mass is 327 g/mol. The van der Waals surface area contributed by atoms with Crippen molar-refractivity contribution in [2.75, 3.05) is 7.11 Å². The predicted octanol–water partition coefficient (Wildman–Crippen LogP) is 2.39. The van der Waals surface area contributed by atoms with E-state index in [1.54, 1.807) is 0 Å². The Morgan fingerprint density at radius 2 is 2.00 bits per heavy atom. The molecule has 0 saturated carbocycles. The number of rotatable bonds is 6. The Bertz CT molecular complexity index is 799. The minimum atomic E-state index is -0.892. The van der Waals surface area contributed by atoms with Gasteiger partial charge in [-0.05, 0) is 17.7 Å². The maximum absolute atomic E-state index is 11.8. The van der Waals surface area contributed by atoms with E-state index in [0.717, 1.165) is 5.56 Å². The van der Waals surface area contributed by atoms with Crippen LogP contribution in [0.2, 0.25) is 0 Å². The first-order valence-corrected chi connectivity index (χ1v) is 6.80. The van der Waals surface area contributed by atoms with E-state index < -0.39 is 16.5 Å². The number of nitriles is 1. The summed E-state index contributed by atoms with van der Waals surface area (Å²) in [5.74, 6) is -0.944. The largest absolute Gasteiger partial charge is 0.488 e. The molecule has 1 amide bonds. The van der Waals surface area contributed by atoms with Gasteiger partial charge in [-0.1, -0.05) is 30.3 Å². The van der Waals surface area contributed by atoms with Crippen LogP contribution in [0.4, 0.5) is 5.69 Å². The molecule has 122 valence electrons. The Hall–Kier alpha value is -3.60. The van der Waals surface area contributed by atoms with Gasteiger partial charge >= 0.3 is 5.69 Å². The molecule has 0 atom stereocenters. The number of nitro benzene ring substituents is 1. The highest BCUT2D eigenvalue weighted by Gasteiger charge is 2.29. The second kappa shape index (κ2) is 7.60. The van der Waals surface area contributed by atoms with Crippen molar-refractivity contribution >= 4 is 11.6 Å². The number of hydrogen-bond acceptors (Lipinski definition) is 6. The molecule has 0 aliphatic heterocycles. The van der Waals surface area contributed by atoms with Crippen LogP contribution in [-0.2, 0) is 6.61 Å². The van der Waals surface area contributed by atoms with Crippen LogP contribution >= 0.6 is 0 Å². The van der Waals surface area contributed by atoms with Crippen LogP contribution in [0.25, 0.3) is 0 Å². The van der Waals surface area contributed by atoms with Gasteiger partial charge in [0.05, 0.1) is 12.0 Å². The summed E-state index contributed by atoms with van der Waals surface area (Å²) >= 11 is 0. The fourth-order valence-corrected chi connectivity index (χ4v) is 2.08. The highest BCUT2D eigenvalue weighted by molar-refractivity contribution is 6.00. The van der Waals surface area contributed by atoms with E-state index in [9.17, 15) is 14.9 Å². The lowest BCUT2D eigenvalue weighted by molar-refractivity contribution is -0.386. The fraction of sp³-hybridized carbons (Fsp3) is 0.125. The molecule has 2 aromatic carbocycles. The van der Waals surface area contributed by atoms with Crippen molar-refractivity contribution in [3.05, 3.63) is 63.7 Å². The summed E-state index contributed by atoms with van der Waals surface area (Å²) < 4.78 is 10.6. The van der Waals surface area contributed by atoms with Crippen molar-refractivity contribution < 1.29 is 19.2 Å². The number of nitro groups is 1. The number of amides is 1. The van der Waals surface area contributed by atoms with E-state index >= 15 is 0 Å². The first-order valence-electron chi connectivity index (χ1n) is 6.80. The molecule has 24 heavy (non-hydrogen) atoms. The Kier molecular flexibility index (Phi) is 5.31. The maximum Gasteiger partial charge on any atom is 0.327 e. The van der Waals surface area contributed by atoms with Crippen molar-refractivity contribution in [3.63, 3.8) is 0 Å². The Morgan fingerprint density at radius 3 is 2.58 bits per heavy atom. The predicted molar refractivity (Wildman–Crippen MR) is 83.5 cm³/mol. The second-order valence-electron chi connectivity index (χ2n) is 4.59. The molecule has 2 rings (SSSR count). The van der Waals surface area contributed by atoms with Gasteiger partial charge in [-0.2, -0.15) is 5.26 Å². The van der Waals surface area contributed by atoms with Gasteiger partial charge in [-0.15, -0.1) is 0 Å². The molecule has 0 bridgehead atoms. The van der Waals surface area contributed by atoms with Gasteiger partial charge < -0.3 is 9.47 Å². The zero-order chi connectivity index (χ0) is 17.5. The van der Waals surface area contributed by atoms with E-state index in [1.807, 2.05) is 35.6 Å². The van der Waals surface area contributed by atoms with Gasteiger partial charge in [0.1, 0.15) is 12.2 Å². The molecule has 0 aliphatic rings. The summed E-state index contributed by atoms with van der Waals surface area (Å²) in [6.45, 7) is 0.179. The van der Waals surface area contributed by atoms with Crippen LogP contribution in [0.3, 0.4) is 0 Å². The van der Waals surface area contributed by atoms with Crippen molar-refractivity contribution in [2.24, 2.45) is 0 Å². The lowest BCUT2D eigenvalue weighted by Crippen LogP contribution is -2.19. The zero-order valence-corrected chi connectivity index (χ0v) is 12.7. The molecule has 0 saturated heterocycles. The molecule has 0 spiro atoms. The lowest BCUT2D eigenvalue weighted by Gasteiger charge is -2.12. The molecule has 0 fully saturated rings. The third-order valence-electron chi connectivity index (χ3n) is 3.13. The smallest absolute Gasteiger partial charge is 0.327 e. The highest BCUT2D eigenvalue weighted by Crippen LogP contribution is 2.39. The molecule has 0 radical (unpaired) electrons. The van der Waals surface area contributed by atoms with Crippen LogP contribution in [0.1, 0.15) is 15.9 Å². The van der Waals surface area contributed by atoms with Gasteiger partial charge in [0.25, 0.3) is 5.91 Å². The number of ether oxygens (including phenoxy) is 2. The maximum atomic E-state index is 11.8. The molecule has 8 heteroatoms. The summed E-state index contributed by atoms with van der Waals surface area (Å²) in [5, 5.41) is 21.7. The second-order valence-corrected chi connectivity index (χ2v) is 4.59. The molecular weight excluding hydrogens is 314 g/mol. The Balaban J connectivity index is 2.39. The van der Waals surface area contributed by atoms with Crippen molar-refractivity contribution in [2.45, 2.75) is 6.61 Å². The van der Waals surface area contributed by atoms with Gasteiger partial charge in [-0.3, -0.25) is 20.2 Å². The summed E-state index contributed by atoms with van der Waals surface area (Å²) in [4.78, 5) is 22.4. The van der Waals surface area contributed by atoms with E-state index in [4.69, 9.17) is 14.7 Å². The van der Waals surface area contributed by atoms with Gasteiger partial charge in [0.15, 0.2) is 11.9 Å². The third-order valence-corrected chi connectivity index (χ3v) is 3.13. The standard InChI is InChI=1S/C16H13N3O5/c1-23-15-13(24-9-11-5-3-2-4-6-11)8-7-12(14(15)19(21)22)16(20)18-10-17/h2-8H,9H2,1H3,(H,18,20). The van der Waals surface area contributed by atoms with E-state index in [2.05, 4.69) is 0 Å². The van der Waals surface area contributed by atoms with E-state index in [-0.39, 0.29) is 23.7 Å². The summed E-state index contributed by atoms with van der Waals surface area (Å²) in [6.07, 6.45) is 1.44. The Morgan fingerprint density at radius 1 is 1.29 bits per heavy atom. The molecule has 0 aromatic heterocycles. The van der Waals surface area contributed by atoms with Gasteiger partial charge in [0, 0.05) is 0 Å². The van der Waals surface area contributed by atoms with Crippen LogP contribution in [0, 0.1) is 21.6 Å². The molecule has 0 unspecified atom stereocenters. The van der Waals surface area contributed by atoms with Crippen LogP contribution in [0.15, 0.2) is 42.5 Å². The first-order chi connectivity index (χ1) is 11.6. The van der Waals surface area contributed by atoms with Gasteiger partial charge in [-0.25, -0.2) is 0 Å². The number of hydrogen-bond donors (Lipinski definition) is 1. The van der Waals surface area contributed by atoms with Crippen LogP contribution < -0.4 is 14.8 Å².